The van der Waals surface area contributed by atoms with Gasteiger partial charge in [0.1, 0.15) is 5.69 Å². The summed E-state index contributed by atoms with van der Waals surface area (Å²) in [6.45, 7) is 4.96. The number of aromatic nitrogens is 6. The Bertz CT molecular complexity index is 1310. The average molecular weight is 441 g/mol. The molecule has 6 rings (SSSR count). The Morgan fingerprint density at radius 2 is 1.70 bits per heavy atom. The number of hydrogen-bond donors (Lipinski definition) is 0. The highest BCUT2D eigenvalue weighted by atomic mass is 16.2. The molecule has 5 heterocycles. The van der Waals surface area contributed by atoms with Crippen LogP contribution in [-0.4, -0.2) is 66.9 Å². The summed E-state index contributed by atoms with van der Waals surface area (Å²) in [6.07, 6.45) is 6.21. The van der Waals surface area contributed by atoms with Crippen molar-refractivity contribution in [2.45, 2.75) is 13.3 Å². The number of amides is 1. The zero-order valence-corrected chi connectivity index (χ0v) is 18.4. The quantitative estimate of drug-likeness (QED) is 0.483. The summed E-state index contributed by atoms with van der Waals surface area (Å²) in [6, 6.07) is 11.8. The van der Waals surface area contributed by atoms with Crippen LogP contribution in [0, 0.1) is 18.8 Å². The first kappa shape index (κ1) is 19.8. The molecule has 3 aromatic heterocycles. The Hall–Kier alpha value is -3.88. The number of hydrogen-bond acceptors (Lipinski definition) is 7. The van der Waals surface area contributed by atoms with Gasteiger partial charge in [0.05, 0.1) is 17.9 Å². The number of anilines is 1. The van der Waals surface area contributed by atoms with Crippen molar-refractivity contribution in [3.8, 4) is 5.69 Å². The lowest BCUT2D eigenvalue weighted by Crippen LogP contribution is -2.54. The summed E-state index contributed by atoms with van der Waals surface area (Å²) < 4.78 is 0. The molecule has 2 unspecified atom stereocenters. The van der Waals surface area contributed by atoms with Crippen molar-refractivity contribution in [3.05, 3.63) is 66.4 Å². The molecule has 166 valence electrons. The molecule has 2 aliphatic rings. The van der Waals surface area contributed by atoms with Crippen molar-refractivity contribution in [1.82, 2.24) is 34.8 Å². The lowest BCUT2D eigenvalue weighted by atomic mass is 9.84. The predicted molar refractivity (Wildman–Crippen MR) is 123 cm³/mol. The number of aryl methyl sites for hydroxylation is 1. The molecule has 2 saturated heterocycles. The highest BCUT2D eigenvalue weighted by Gasteiger charge is 2.38. The van der Waals surface area contributed by atoms with Crippen LogP contribution in [0.15, 0.2) is 55.0 Å². The second-order valence-corrected chi connectivity index (χ2v) is 8.95. The van der Waals surface area contributed by atoms with E-state index in [-0.39, 0.29) is 5.91 Å². The predicted octanol–water partition coefficient (Wildman–Crippen LogP) is 2.51. The molecular weight excluding hydrogens is 416 g/mol. The van der Waals surface area contributed by atoms with Crippen LogP contribution in [-0.2, 0) is 0 Å². The third-order valence-corrected chi connectivity index (χ3v) is 6.48. The van der Waals surface area contributed by atoms with Crippen LogP contribution in [0.25, 0.3) is 16.6 Å². The van der Waals surface area contributed by atoms with Crippen LogP contribution in [0.5, 0.6) is 0 Å². The number of carbonyl (C=O) groups is 1. The zero-order valence-electron chi connectivity index (χ0n) is 18.4. The van der Waals surface area contributed by atoms with Crippen LogP contribution in [0.2, 0.25) is 0 Å². The van der Waals surface area contributed by atoms with Crippen LogP contribution < -0.4 is 4.90 Å². The number of pyridine rings is 1. The molecule has 1 amide bonds. The molecule has 0 spiro atoms. The van der Waals surface area contributed by atoms with Gasteiger partial charge in [-0.1, -0.05) is 18.2 Å². The fourth-order valence-electron chi connectivity index (χ4n) is 5.08. The van der Waals surface area contributed by atoms with Gasteiger partial charge in [0.15, 0.2) is 5.69 Å². The topological polar surface area (TPSA) is 92.9 Å². The molecule has 2 aliphatic heterocycles. The number of rotatable bonds is 3. The van der Waals surface area contributed by atoms with E-state index in [2.05, 4.69) is 25.1 Å². The van der Waals surface area contributed by atoms with Gasteiger partial charge in [0, 0.05) is 43.5 Å². The van der Waals surface area contributed by atoms with E-state index in [1.165, 1.54) is 4.80 Å². The van der Waals surface area contributed by atoms with Crippen molar-refractivity contribution < 1.29 is 4.79 Å². The number of carbonyl (C=O) groups excluding carboxylic acids is 1. The molecule has 2 bridgehead atoms. The minimum atomic E-state index is -0.0592. The minimum Gasteiger partial charge on any atom is -0.340 e. The maximum atomic E-state index is 13.6. The third kappa shape index (κ3) is 3.69. The number of nitrogens with zero attached hydrogens (tertiary/aromatic N) is 8. The van der Waals surface area contributed by atoms with Gasteiger partial charge in [-0.3, -0.25) is 4.79 Å². The van der Waals surface area contributed by atoms with Gasteiger partial charge in [0.25, 0.3) is 5.91 Å². The smallest absolute Gasteiger partial charge is 0.274 e. The van der Waals surface area contributed by atoms with Crippen LogP contribution in [0.1, 0.15) is 22.6 Å². The van der Waals surface area contributed by atoms with E-state index in [0.717, 1.165) is 42.1 Å². The lowest BCUT2D eigenvalue weighted by molar-refractivity contribution is 0.0557. The van der Waals surface area contributed by atoms with Gasteiger partial charge in [-0.05, 0) is 43.4 Å². The second-order valence-electron chi connectivity index (χ2n) is 8.95. The van der Waals surface area contributed by atoms with Gasteiger partial charge >= 0.3 is 0 Å². The van der Waals surface area contributed by atoms with E-state index >= 15 is 0 Å². The molecule has 0 N–H and O–H groups in total. The Morgan fingerprint density at radius 3 is 2.48 bits per heavy atom. The molecule has 33 heavy (non-hydrogen) atoms. The molecule has 9 nitrogen and oxygen atoms in total. The normalized spacial score (nSPS) is 20.3. The summed E-state index contributed by atoms with van der Waals surface area (Å²) in [5.74, 6) is 1.45. The third-order valence-electron chi connectivity index (χ3n) is 6.48. The van der Waals surface area contributed by atoms with Crippen molar-refractivity contribution in [3.63, 3.8) is 0 Å². The van der Waals surface area contributed by atoms with Crippen LogP contribution >= 0.6 is 0 Å². The molecular formula is C24H24N8O. The van der Waals surface area contributed by atoms with Gasteiger partial charge in [-0.2, -0.15) is 10.2 Å². The Kier molecular flexibility index (Phi) is 4.74. The summed E-state index contributed by atoms with van der Waals surface area (Å²) in [5.41, 5.74) is 2.77. The zero-order chi connectivity index (χ0) is 22.4. The number of likely N-dealkylation sites (tertiary alicyclic amines) is 1. The first-order chi connectivity index (χ1) is 16.1. The SMILES string of the molecule is Cc1ccc(-n2nccn2)c(C(=O)N2CC3CC(C2)CN(c2ncc4ccccc4n2)C3)n1. The van der Waals surface area contributed by atoms with Crippen molar-refractivity contribution in [2.75, 3.05) is 31.1 Å². The number of para-hydroxylation sites is 1. The summed E-state index contributed by atoms with van der Waals surface area (Å²) in [5, 5.41) is 9.45. The van der Waals surface area contributed by atoms with E-state index < -0.39 is 0 Å². The lowest BCUT2D eigenvalue weighted by Gasteiger charge is -2.45. The van der Waals surface area contributed by atoms with E-state index in [1.54, 1.807) is 12.4 Å². The maximum absolute atomic E-state index is 13.6. The minimum absolute atomic E-state index is 0.0592. The van der Waals surface area contributed by atoms with E-state index in [9.17, 15) is 4.79 Å². The first-order valence-corrected chi connectivity index (χ1v) is 11.2. The molecule has 1 aromatic carbocycles. The van der Waals surface area contributed by atoms with Gasteiger partial charge in [0.2, 0.25) is 5.95 Å². The van der Waals surface area contributed by atoms with E-state index in [0.29, 0.717) is 36.3 Å². The molecule has 0 aliphatic carbocycles. The largest absolute Gasteiger partial charge is 0.340 e. The molecule has 9 heteroatoms. The highest BCUT2D eigenvalue weighted by molar-refractivity contribution is 5.96. The first-order valence-electron chi connectivity index (χ1n) is 11.2. The van der Waals surface area contributed by atoms with E-state index in [1.807, 2.05) is 54.4 Å². The highest BCUT2D eigenvalue weighted by Crippen LogP contribution is 2.31. The summed E-state index contributed by atoms with van der Waals surface area (Å²) in [4.78, 5) is 33.2. The Morgan fingerprint density at radius 1 is 0.939 bits per heavy atom. The summed E-state index contributed by atoms with van der Waals surface area (Å²) in [7, 11) is 0. The van der Waals surface area contributed by atoms with Gasteiger partial charge < -0.3 is 9.80 Å². The van der Waals surface area contributed by atoms with Crippen molar-refractivity contribution in [1.29, 1.82) is 0 Å². The van der Waals surface area contributed by atoms with E-state index in [4.69, 9.17) is 4.98 Å². The van der Waals surface area contributed by atoms with Crippen molar-refractivity contribution in [2.24, 2.45) is 11.8 Å². The molecule has 4 aromatic rings. The fourth-order valence-corrected chi connectivity index (χ4v) is 5.08. The molecule has 2 fully saturated rings. The molecule has 0 radical (unpaired) electrons. The van der Waals surface area contributed by atoms with Crippen LogP contribution in [0.4, 0.5) is 5.95 Å². The monoisotopic (exact) mass is 440 g/mol. The van der Waals surface area contributed by atoms with Gasteiger partial charge in [-0.15, -0.1) is 4.80 Å². The average Bonchev–Trinajstić information content (AvgIpc) is 3.37. The van der Waals surface area contributed by atoms with Gasteiger partial charge in [-0.25, -0.2) is 15.0 Å². The number of benzene rings is 1. The maximum Gasteiger partial charge on any atom is 0.274 e. The standard InChI is InChI=1S/C24H24N8O/c1-16-6-7-21(32-26-8-9-27-32)22(28-16)23(33)30-12-17-10-18(13-30)15-31(14-17)24-25-11-19-4-2-3-5-20(19)29-24/h2-9,11,17-18H,10,12-15H2,1H3. The molecule has 0 saturated carbocycles. The molecule has 2 atom stereocenters. The Balaban J connectivity index is 1.23. The number of fused-ring (bicyclic) bond motifs is 3. The van der Waals surface area contributed by atoms with Crippen LogP contribution in [0.3, 0.4) is 0 Å². The fraction of sp³-hybridized carbons (Fsp3) is 0.333. The second kappa shape index (κ2) is 7.91. The number of piperidine rings is 2. The summed E-state index contributed by atoms with van der Waals surface area (Å²) >= 11 is 0. The Labute approximate surface area is 191 Å². The van der Waals surface area contributed by atoms with Crippen molar-refractivity contribution >= 4 is 22.8 Å².